The van der Waals surface area contributed by atoms with Gasteiger partial charge in [0.2, 0.25) is 11.0 Å². The summed E-state index contributed by atoms with van der Waals surface area (Å²) in [4.78, 5) is 14.1. The lowest BCUT2D eigenvalue weighted by atomic mass is 10.2. The molecule has 1 aromatic heterocycles. The first-order valence-electron chi connectivity index (χ1n) is 7.94. The first kappa shape index (κ1) is 18.1. The number of ether oxygens (including phenoxy) is 1. The summed E-state index contributed by atoms with van der Waals surface area (Å²) in [5.74, 6) is 0.188. The molecule has 2 aromatic rings. The van der Waals surface area contributed by atoms with Crippen LogP contribution in [0.2, 0.25) is 0 Å². The number of carbonyl (C=O) groups excluding carboxylic acids is 1. The van der Waals surface area contributed by atoms with Crippen molar-refractivity contribution < 1.29 is 13.9 Å². The highest BCUT2D eigenvalue weighted by molar-refractivity contribution is 8.01. The van der Waals surface area contributed by atoms with Gasteiger partial charge >= 0.3 is 0 Å². The van der Waals surface area contributed by atoms with E-state index in [-0.39, 0.29) is 17.8 Å². The van der Waals surface area contributed by atoms with Gasteiger partial charge in [0, 0.05) is 19.6 Å². The van der Waals surface area contributed by atoms with E-state index in [1.807, 2.05) is 11.8 Å². The Morgan fingerprint density at radius 1 is 1.44 bits per heavy atom. The van der Waals surface area contributed by atoms with Crippen molar-refractivity contribution in [3.63, 3.8) is 0 Å². The van der Waals surface area contributed by atoms with Crippen molar-refractivity contribution >= 4 is 34.1 Å². The number of hydrogen-bond acceptors (Lipinski definition) is 7. The minimum atomic E-state index is -0.252. The van der Waals surface area contributed by atoms with Gasteiger partial charge in [0.25, 0.3) is 0 Å². The zero-order valence-electron chi connectivity index (χ0n) is 13.8. The van der Waals surface area contributed by atoms with Gasteiger partial charge in [-0.15, -0.1) is 10.2 Å². The van der Waals surface area contributed by atoms with Crippen LogP contribution < -0.4 is 5.32 Å². The number of thioether (sulfide) groups is 1. The van der Waals surface area contributed by atoms with Gasteiger partial charge in [0.15, 0.2) is 4.34 Å². The highest BCUT2D eigenvalue weighted by Gasteiger charge is 2.21. The molecule has 1 aliphatic rings. The molecule has 0 saturated carbocycles. The number of anilines is 1. The lowest BCUT2D eigenvalue weighted by molar-refractivity contribution is -0.135. The third-order valence-electron chi connectivity index (χ3n) is 3.68. The van der Waals surface area contributed by atoms with E-state index in [0.717, 1.165) is 9.90 Å². The maximum atomic E-state index is 12.9. The maximum absolute atomic E-state index is 12.9. The topological polar surface area (TPSA) is 67.4 Å². The van der Waals surface area contributed by atoms with Gasteiger partial charge in [0.1, 0.15) is 5.82 Å². The van der Waals surface area contributed by atoms with Gasteiger partial charge in [-0.25, -0.2) is 4.39 Å². The average molecular weight is 382 g/mol. The summed E-state index contributed by atoms with van der Waals surface area (Å²) < 4.78 is 19.1. The van der Waals surface area contributed by atoms with E-state index >= 15 is 0 Å². The van der Waals surface area contributed by atoms with Crippen LogP contribution in [0.25, 0.3) is 0 Å². The van der Waals surface area contributed by atoms with E-state index in [1.54, 1.807) is 12.1 Å². The molecule has 1 aromatic carbocycles. The zero-order valence-corrected chi connectivity index (χ0v) is 15.4. The van der Waals surface area contributed by atoms with Crippen LogP contribution in [0, 0.1) is 5.82 Å². The van der Waals surface area contributed by atoms with Crippen molar-refractivity contribution in [3.8, 4) is 0 Å². The summed E-state index contributed by atoms with van der Waals surface area (Å²) >= 11 is 2.80. The van der Waals surface area contributed by atoms with E-state index in [1.165, 1.54) is 35.2 Å². The number of halogens is 1. The fourth-order valence-electron chi connectivity index (χ4n) is 2.38. The lowest BCUT2D eigenvalue weighted by Crippen LogP contribution is -2.45. The Labute approximate surface area is 153 Å². The van der Waals surface area contributed by atoms with Gasteiger partial charge in [-0.05, 0) is 24.6 Å². The molecule has 0 bridgehead atoms. The number of rotatable bonds is 6. The number of benzene rings is 1. The molecule has 134 valence electrons. The molecule has 1 fully saturated rings. The Balaban J connectivity index is 1.45. The minimum absolute atomic E-state index is 0.0893. The second kappa shape index (κ2) is 8.59. The summed E-state index contributed by atoms with van der Waals surface area (Å²) in [7, 11) is 0. The monoisotopic (exact) mass is 382 g/mol. The van der Waals surface area contributed by atoms with Crippen molar-refractivity contribution in [1.29, 1.82) is 0 Å². The molecule has 6 nitrogen and oxygen atoms in total. The highest BCUT2D eigenvalue weighted by atomic mass is 32.2. The summed E-state index contributed by atoms with van der Waals surface area (Å²) in [6.45, 7) is 4.39. The molecule has 1 unspecified atom stereocenters. The third-order valence-corrected chi connectivity index (χ3v) is 5.68. The normalized spacial score (nSPS) is 17.5. The molecule has 2 heterocycles. The van der Waals surface area contributed by atoms with Crippen molar-refractivity contribution in [2.24, 2.45) is 0 Å². The molecular formula is C16H19FN4O2S2. The molecule has 9 heteroatoms. The van der Waals surface area contributed by atoms with E-state index in [2.05, 4.69) is 15.5 Å². The van der Waals surface area contributed by atoms with Gasteiger partial charge in [-0.2, -0.15) is 0 Å². The summed E-state index contributed by atoms with van der Waals surface area (Å²) in [6, 6.07) is 6.30. The van der Waals surface area contributed by atoms with Crippen LogP contribution in [-0.2, 0) is 16.1 Å². The SMILES string of the molecule is CC1CN(C(=O)CSc2nnc(NCc3ccc(F)cc3)s2)CCO1. The van der Waals surface area contributed by atoms with Gasteiger partial charge < -0.3 is 15.0 Å². The Morgan fingerprint density at radius 3 is 3.00 bits per heavy atom. The van der Waals surface area contributed by atoms with Crippen LogP contribution in [0.1, 0.15) is 12.5 Å². The van der Waals surface area contributed by atoms with Crippen molar-refractivity contribution in [1.82, 2.24) is 15.1 Å². The fraction of sp³-hybridized carbons (Fsp3) is 0.438. The molecule has 3 rings (SSSR count). The first-order valence-corrected chi connectivity index (χ1v) is 9.74. The Morgan fingerprint density at radius 2 is 2.24 bits per heavy atom. The molecule has 0 radical (unpaired) electrons. The van der Waals surface area contributed by atoms with E-state index in [0.29, 0.717) is 37.1 Å². The molecule has 1 amide bonds. The van der Waals surface area contributed by atoms with E-state index in [4.69, 9.17) is 4.74 Å². The van der Waals surface area contributed by atoms with Crippen molar-refractivity contribution in [2.45, 2.75) is 23.9 Å². The molecule has 0 spiro atoms. The lowest BCUT2D eigenvalue weighted by Gasteiger charge is -2.31. The predicted octanol–water partition coefficient (Wildman–Crippen LogP) is 2.63. The quantitative estimate of drug-likeness (QED) is 0.775. The average Bonchev–Trinajstić information content (AvgIpc) is 3.07. The van der Waals surface area contributed by atoms with Crippen LogP contribution in [0.15, 0.2) is 28.6 Å². The molecule has 1 aliphatic heterocycles. The zero-order chi connectivity index (χ0) is 17.6. The van der Waals surface area contributed by atoms with Gasteiger partial charge in [0.05, 0.1) is 18.5 Å². The largest absolute Gasteiger partial charge is 0.375 e. The van der Waals surface area contributed by atoms with Crippen LogP contribution in [0.3, 0.4) is 0 Å². The summed E-state index contributed by atoms with van der Waals surface area (Å²) in [6.07, 6.45) is 0.0893. The van der Waals surface area contributed by atoms with Crippen LogP contribution in [0.4, 0.5) is 9.52 Å². The van der Waals surface area contributed by atoms with Crippen LogP contribution in [0.5, 0.6) is 0 Å². The highest BCUT2D eigenvalue weighted by Crippen LogP contribution is 2.26. The van der Waals surface area contributed by atoms with Gasteiger partial charge in [-0.3, -0.25) is 4.79 Å². The minimum Gasteiger partial charge on any atom is -0.375 e. The van der Waals surface area contributed by atoms with Gasteiger partial charge in [-0.1, -0.05) is 35.2 Å². The number of hydrogen-bond donors (Lipinski definition) is 1. The molecule has 0 aliphatic carbocycles. The van der Waals surface area contributed by atoms with Crippen molar-refractivity contribution in [2.75, 3.05) is 30.8 Å². The number of carbonyl (C=O) groups is 1. The van der Waals surface area contributed by atoms with Crippen LogP contribution >= 0.6 is 23.1 Å². The molecule has 1 atom stereocenters. The first-order chi connectivity index (χ1) is 12.1. The molecule has 25 heavy (non-hydrogen) atoms. The standard InChI is InChI=1S/C16H19FN4O2S2/c1-11-9-21(6-7-23-11)14(22)10-24-16-20-19-15(25-16)18-8-12-2-4-13(17)5-3-12/h2-5,11H,6-10H2,1H3,(H,18,19). The molecule has 1 N–H and O–H groups in total. The number of morpholine rings is 1. The van der Waals surface area contributed by atoms with E-state index < -0.39 is 0 Å². The third kappa shape index (κ3) is 5.38. The second-order valence-electron chi connectivity index (χ2n) is 5.66. The number of nitrogens with one attached hydrogen (secondary N) is 1. The maximum Gasteiger partial charge on any atom is 0.233 e. The van der Waals surface area contributed by atoms with Crippen molar-refractivity contribution in [3.05, 3.63) is 35.6 Å². The Kier molecular flexibility index (Phi) is 6.22. The number of nitrogens with zero attached hydrogens (tertiary/aromatic N) is 3. The molecular weight excluding hydrogens is 363 g/mol. The smallest absolute Gasteiger partial charge is 0.233 e. The fourth-order valence-corrected chi connectivity index (χ4v) is 4.03. The van der Waals surface area contributed by atoms with Crippen LogP contribution in [-0.4, -0.2) is 52.6 Å². The second-order valence-corrected chi connectivity index (χ2v) is 7.86. The molecule has 1 saturated heterocycles. The van der Waals surface area contributed by atoms with E-state index in [9.17, 15) is 9.18 Å². The summed E-state index contributed by atoms with van der Waals surface area (Å²) in [5.41, 5.74) is 0.961. The number of amides is 1. The number of aromatic nitrogens is 2. The Hall–Kier alpha value is -1.71. The summed E-state index contributed by atoms with van der Waals surface area (Å²) in [5, 5.41) is 12.0. The Bertz CT molecular complexity index is 710. The predicted molar refractivity (Wildman–Crippen MR) is 96.4 cm³/mol.